The average molecular weight is 374 g/mol. The number of rotatable bonds is 10. The van der Waals surface area contributed by atoms with E-state index in [0.717, 1.165) is 55.6 Å². The number of quaternary nitrogens is 1. The van der Waals surface area contributed by atoms with Gasteiger partial charge in [-0.15, -0.1) is 0 Å². The predicted octanol–water partition coefficient (Wildman–Crippen LogP) is 3.11. The highest BCUT2D eigenvalue weighted by Gasteiger charge is 2.23. The number of carbonyl (C=O) groups is 1. The van der Waals surface area contributed by atoms with E-state index in [2.05, 4.69) is 20.8 Å². The van der Waals surface area contributed by atoms with Crippen molar-refractivity contribution in [2.45, 2.75) is 38.5 Å². The van der Waals surface area contributed by atoms with Crippen LogP contribution in [0.25, 0.3) is 0 Å². The zero-order valence-electron chi connectivity index (χ0n) is 15.1. The molecule has 0 radical (unpaired) electrons. The smallest absolute Gasteiger partial charge is 0.428 e. The van der Waals surface area contributed by atoms with Gasteiger partial charge in [0.15, 0.2) is 0 Å². The van der Waals surface area contributed by atoms with Crippen LogP contribution in [0.15, 0.2) is 29.2 Å². The molecular weight excluding hydrogens is 346 g/mol. The molecule has 0 saturated carbocycles. The van der Waals surface area contributed by atoms with Crippen molar-refractivity contribution >= 4 is 16.3 Å². The molecule has 0 spiro atoms. The van der Waals surface area contributed by atoms with Crippen LogP contribution in [0.3, 0.4) is 0 Å². The molecule has 0 amide bonds. The Kier molecular flexibility index (Phi) is 8.34. The van der Waals surface area contributed by atoms with Gasteiger partial charge in [0.05, 0.1) is 24.5 Å². The van der Waals surface area contributed by atoms with Crippen LogP contribution >= 0.6 is 0 Å². The van der Waals surface area contributed by atoms with Gasteiger partial charge >= 0.3 is 6.16 Å². The number of unbranched alkanes of at least 4 members (excludes halogenated alkanes) is 1. The molecule has 0 bridgehead atoms. The van der Waals surface area contributed by atoms with Crippen molar-refractivity contribution in [3.63, 3.8) is 0 Å². The normalized spacial score (nSPS) is 12.0. The molecule has 142 valence electrons. The SMILES string of the molecule is CCCC[N+](CC)(CC)CCOC(=O)Oc1ccc(S(=O)(=O)O)cc1. The summed E-state index contributed by atoms with van der Waals surface area (Å²) in [7, 11) is -4.27. The maximum atomic E-state index is 11.8. The van der Waals surface area contributed by atoms with Crippen LogP contribution < -0.4 is 4.74 Å². The Labute approximate surface area is 149 Å². The fourth-order valence-corrected chi connectivity index (χ4v) is 3.07. The lowest BCUT2D eigenvalue weighted by atomic mass is 10.2. The molecule has 25 heavy (non-hydrogen) atoms. The Morgan fingerprint density at radius 1 is 1.08 bits per heavy atom. The first-order chi connectivity index (χ1) is 11.8. The number of nitrogens with zero attached hydrogens (tertiary/aromatic N) is 1. The topological polar surface area (TPSA) is 89.9 Å². The second-order valence-electron chi connectivity index (χ2n) is 5.92. The van der Waals surface area contributed by atoms with Gasteiger partial charge < -0.3 is 14.0 Å². The number of carbonyl (C=O) groups excluding carboxylic acids is 1. The van der Waals surface area contributed by atoms with Crippen molar-refractivity contribution in [2.24, 2.45) is 0 Å². The maximum absolute atomic E-state index is 11.8. The largest absolute Gasteiger partial charge is 0.514 e. The van der Waals surface area contributed by atoms with Crippen LogP contribution in [0.4, 0.5) is 4.79 Å². The van der Waals surface area contributed by atoms with Crippen LogP contribution in [-0.2, 0) is 14.9 Å². The monoisotopic (exact) mass is 374 g/mol. The highest BCUT2D eigenvalue weighted by molar-refractivity contribution is 7.85. The minimum Gasteiger partial charge on any atom is -0.428 e. The van der Waals surface area contributed by atoms with Crippen LogP contribution in [0.2, 0.25) is 0 Å². The molecule has 0 unspecified atom stereocenters. The van der Waals surface area contributed by atoms with Crippen LogP contribution in [0.1, 0.15) is 33.6 Å². The van der Waals surface area contributed by atoms with E-state index in [9.17, 15) is 13.2 Å². The summed E-state index contributed by atoms with van der Waals surface area (Å²) in [6.07, 6.45) is 1.43. The summed E-state index contributed by atoms with van der Waals surface area (Å²) >= 11 is 0. The quantitative estimate of drug-likeness (QED) is 0.293. The molecule has 0 aromatic heterocycles. The Morgan fingerprint density at radius 3 is 2.16 bits per heavy atom. The molecule has 1 rings (SSSR count). The molecule has 8 heteroatoms. The molecule has 1 N–H and O–H groups in total. The Bertz CT molecular complexity index is 638. The van der Waals surface area contributed by atoms with Crippen molar-refractivity contribution in [3.8, 4) is 5.75 Å². The third kappa shape index (κ3) is 7.01. The standard InChI is InChI=1S/C17H27NO6S/c1-4-7-12-18(5-2,6-3)13-14-23-17(19)24-15-8-10-16(11-9-15)25(20,21)22/h8-11H,4-7,12-14H2,1-3H3/p+1. The van der Waals surface area contributed by atoms with E-state index in [1.54, 1.807) is 0 Å². The summed E-state index contributed by atoms with van der Waals surface area (Å²) < 4.78 is 41.8. The molecule has 0 aliphatic heterocycles. The third-order valence-corrected chi connectivity index (χ3v) is 5.30. The molecule has 1 aromatic carbocycles. The van der Waals surface area contributed by atoms with E-state index in [0.29, 0.717) is 0 Å². The van der Waals surface area contributed by atoms with Crippen molar-refractivity contribution in [1.29, 1.82) is 0 Å². The maximum Gasteiger partial charge on any atom is 0.514 e. The molecule has 0 aliphatic rings. The van der Waals surface area contributed by atoms with Crippen molar-refractivity contribution in [2.75, 3.05) is 32.8 Å². The summed E-state index contributed by atoms with van der Waals surface area (Å²) in [4.78, 5) is 11.5. The zero-order valence-corrected chi connectivity index (χ0v) is 15.9. The first-order valence-electron chi connectivity index (χ1n) is 8.53. The van der Waals surface area contributed by atoms with Gasteiger partial charge in [-0.3, -0.25) is 4.55 Å². The van der Waals surface area contributed by atoms with Crippen molar-refractivity contribution in [3.05, 3.63) is 24.3 Å². The van der Waals surface area contributed by atoms with Gasteiger partial charge in [0.2, 0.25) is 0 Å². The number of benzene rings is 1. The van der Waals surface area contributed by atoms with Crippen molar-refractivity contribution in [1.82, 2.24) is 0 Å². The molecule has 0 saturated heterocycles. The van der Waals surface area contributed by atoms with E-state index in [1.165, 1.54) is 12.1 Å². The highest BCUT2D eigenvalue weighted by atomic mass is 32.2. The van der Waals surface area contributed by atoms with Gasteiger partial charge in [-0.05, 0) is 44.5 Å². The van der Waals surface area contributed by atoms with Crippen LogP contribution in [0.5, 0.6) is 5.75 Å². The Morgan fingerprint density at radius 2 is 1.68 bits per heavy atom. The number of likely N-dealkylation sites (N-methyl/N-ethyl adjacent to an activating group) is 1. The molecule has 0 fully saturated rings. The second kappa shape index (κ2) is 9.74. The second-order valence-corrected chi connectivity index (χ2v) is 7.34. The fourth-order valence-electron chi connectivity index (χ4n) is 2.59. The minimum absolute atomic E-state index is 0.148. The summed E-state index contributed by atoms with van der Waals surface area (Å²) in [5, 5.41) is 0. The number of hydrogen-bond acceptors (Lipinski definition) is 5. The van der Waals surface area contributed by atoms with E-state index in [-0.39, 0.29) is 17.3 Å². The lowest BCUT2D eigenvalue weighted by Crippen LogP contribution is -2.50. The Hall–Kier alpha value is -1.64. The van der Waals surface area contributed by atoms with Crippen LogP contribution in [0, 0.1) is 0 Å². The number of hydrogen-bond donors (Lipinski definition) is 1. The predicted molar refractivity (Wildman–Crippen MR) is 94.2 cm³/mol. The average Bonchev–Trinajstić information content (AvgIpc) is 2.58. The van der Waals surface area contributed by atoms with E-state index in [1.807, 2.05) is 0 Å². The summed E-state index contributed by atoms with van der Waals surface area (Å²) in [5.74, 6) is 0.148. The third-order valence-electron chi connectivity index (χ3n) is 4.44. The molecule has 7 nitrogen and oxygen atoms in total. The highest BCUT2D eigenvalue weighted by Crippen LogP contribution is 2.16. The Balaban J connectivity index is 2.51. The summed E-state index contributed by atoms with van der Waals surface area (Å²) in [6, 6.07) is 4.87. The molecule has 0 atom stereocenters. The molecule has 0 aliphatic carbocycles. The first-order valence-corrected chi connectivity index (χ1v) is 9.97. The lowest BCUT2D eigenvalue weighted by molar-refractivity contribution is -0.925. The van der Waals surface area contributed by atoms with E-state index < -0.39 is 16.3 Å². The van der Waals surface area contributed by atoms with Gasteiger partial charge in [-0.2, -0.15) is 8.42 Å². The summed E-state index contributed by atoms with van der Waals surface area (Å²) in [5.41, 5.74) is 0. The van der Waals surface area contributed by atoms with E-state index in [4.69, 9.17) is 14.0 Å². The molecule has 1 aromatic rings. The first kappa shape index (κ1) is 21.4. The van der Waals surface area contributed by atoms with Gasteiger partial charge in [-0.25, -0.2) is 4.79 Å². The number of ether oxygens (including phenoxy) is 2. The lowest BCUT2D eigenvalue weighted by Gasteiger charge is -2.36. The molecule has 0 heterocycles. The van der Waals surface area contributed by atoms with Crippen molar-refractivity contribution < 1.29 is 31.7 Å². The van der Waals surface area contributed by atoms with E-state index >= 15 is 0 Å². The van der Waals surface area contributed by atoms with Gasteiger partial charge in [0.1, 0.15) is 18.9 Å². The fraction of sp³-hybridized carbons (Fsp3) is 0.588. The van der Waals surface area contributed by atoms with Crippen LogP contribution in [-0.4, -0.2) is 56.4 Å². The minimum atomic E-state index is -4.27. The van der Waals surface area contributed by atoms with Gasteiger partial charge in [0.25, 0.3) is 10.1 Å². The summed E-state index contributed by atoms with van der Waals surface area (Å²) in [6.45, 7) is 10.4. The van der Waals surface area contributed by atoms with Gasteiger partial charge in [0, 0.05) is 0 Å². The zero-order chi connectivity index (χ0) is 18.9. The van der Waals surface area contributed by atoms with Gasteiger partial charge in [-0.1, -0.05) is 13.3 Å². The molecular formula is C17H28NO6S+.